The fourth-order valence-corrected chi connectivity index (χ4v) is 2.37. The monoisotopic (exact) mass is 344 g/mol. The zero-order valence-corrected chi connectivity index (χ0v) is 14.8. The number of benzene rings is 1. The van der Waals surface area contributed by atoms with E-state index < -0.39 is 0 Å². The van der Waals surface area contributed by atoms with Crippen LogP contribution < -0.4 is 10.6 Å². The number of para-hydroxylation sites is 1. The first-order valence-electron chi connectivity index (χ1n) is 8.52. The van der Waals surface area contributed by atoms with E-state index in [-0.39, 0.29) is 6.04 Å². The van der Waals surface area contributed by atoms with Crippen molar-refractivity contribution in [1.29, 1.82) is 5.26 Å². The van der Waals surface area contributed by atoms with Crippen molar-refractivity contribution < 1.29 is 0 Å². The van der Waals surface area contributed by atoms with Crippen molar-refractivity contribution in [2.24, 2.45) is 0 Å². The van der Waals surface area contributed by atoms with Gasteiger partial charge in [-0.3, -0.25) is 4.98 Å². The third-order valence-electron chi connectivity index (χ3n) is 3.95. The van der Waals surface area contributed by atoms with Gasteiger partial charge < -0.3 is 10.6 Å². The Morgan fingerprint density at radius 1 is 1.08 bits per heavy atom. The minimum atomic E-state index is 0.244. The minimum Gasteiger partial charge on any atom is -0.352 e. The number of anilines is 3. The van der Waals surface area contributed by atoms with Gasteiger partial charge in [0.05, 0.1) is 22.6 Å². The number of hydrogen-bond donors (Lipinski definition) is 2. The number of nitrogens with one attached hydrogen (secondary N) is 2. The molecule has 0 amide bonds. The molecule has 3 aromatic rings. The Balaban J connectivity index is 2.01. The van der Waals surface area contributed by atoms with Crippen LogP contribution in [-0.4, -0.2) is 21.0 Å². The Morgan fingerprint density at radius 2 is 1.88 bits per heavy atom. The van der Waals surface area contributed by atoms with Crippen LogP contribution in [0.4, 0.5) is 17.5 Å². The van der Waals surface area contributed by atoms with Crippen molar-refractivity contribution in [3.8, 4) is 17.5 Å². The number of aromatic nitrogens is 3. The largest absolute Gasteiger partial charge is 0.352 e. The molecule has 0 saturated carbocycles. The molecule has 0 aliphatic rings. The van der Waals surface area contributed by atoms with Crippen LogP contribution in [0.3, 0.4) is 0 Å². The van der Waals surface area contributed by atoms with Crippen LogP contribution >= 0.6 is 0 Å². The average molecular weight is 344 g/mol. The fourth-order valence-electron chi connectivity index (χ4n) is 2.37. The predicted octanol–water partition coefficient (Wildman–Crippen LogP) is 4.36. The van der Waals surface area contributed by atoms with E-state index in [1.165, 1.54) is 0 Å². The Morgan fingerprint density at radius 3 is 2.62 bits per heavy atom. The molecule has 2 N–H and O–H groups in total. The number of nitrogens with zero attached hydrogens (tertiary/aromatic N) is 4. The number of rotatable bonds is 6. The van der Waals surface area contributed by atoms with Gasteiger partial charge in [0.15, 0.2) is 0 Å². The van der Waals surface area contributed by atoms with Gasteiger partial charge >= 0.3 is 0 Å². The first-order chi connectivity index (χ1) is 12.7. The highest BCUT2D eigenvalue weighted by Gasteiger charge is 2.11. The molecule has 2 aromatic heterocycles. The van der Waals surface area contributed by atoms with Crippen molar-refractivity contribution in [3.63, 3.8) is 0 Å². The summed E-state index contributed by atoms with van der Waals surface area (Å²) in [6, 6.07) is 17.3. The fraction of sp³-hybridized carbons (Fsp3) is 0.200. The second-order valence-electron chi connectivity index (χ2n) is 5.91. The lowest BCUT2D eigenvalue weighted by molar-refractivity contribution is 0.753. The molecular weight excluding hydrogens is 324 g/mol. The summed E-state index contributed by atoms with van der Waals surface area (Å²) in [4.78, 5) is 13.5. The van der Waals surface area contributed by atoms with Gasteiger partial charge in [0.2, 0.25) is 5.95 Å². The normalized spacial score (nSPS) is 11.4. The summed E-state index contributed by atoms with van der Waals surface area (Å²) in [5.41, 5.74) is 2.74. The molecule has 0 bridgehead atoms. The quantitative estimate of drug-likeness (QED) is 0.691. The van der Waals surface area contributed by atoms with E-state index in [1.54, 1.807) is 12.3 Å². The molecule has 0 unspecified atom stereocenters. The van der Waals surface area contributed by atoms with Gasteiger partial charge in [-0.2, -0.15) is 10.2 Å². The summed E-state index contributed by atoms with van der Waals surface area (Å²) < 4.78 is 0. The van der Waals surface area contributed by atoms with Crippen LogP contribution in [0.25, 0.3) is 11.4 Å². The highest BCUT2D eigenvalue weighted by Crippen LogP contribution is 2.24. The molecule has 2 heterocycles. The molecule has 6 nitrogen and oxygen atoms in total. The molecule has 1 atom stereocenters. The minimum absolute atomic E-state index is 0.244. The standard InChI is InChI=1S/C20H20N6/c1-3-14(2)23-20-25-18(17-10-6-7-11-22-17)12-19(26-20)24-16-9-5-4-8-15(16)13-21/h4-12,14H,3H2,1-2H3,(H2,23,24,25,26)/t14-/m1/s1. The van der Waals surface area contributed by atoms with E-state index in [4.69, 9.17) is 0 Å². The third kappa shape index (κ3) is 4.14. The van der Waals surface area contributed by atoms with Crippen molar-refractivity contribution in [2.45, 2.75) is 26.3 Å². The highest BCUT2D eigenvalue weighted by atomic mass is 15.2. The summed E-state index contributed by atoms with van der Waals surface area (Å²) in [6.45, 7) is 4.18. The molecule has 0 radical (unpaired) electrons. The SMILES string of the molecule is CC[C@@H](C)Nc1nc(Nc2ccccc2C#N)cc(-c2ccccn2)n1. The summed E-state index contributed by atoms with van der Waals surface area (Å²) >= 11 is 0. The summed E-state index contributed by atoms with van der Waals surface area (Å²) in [5, 5.41) is 15.8. The lowest BCUT2D eigenvalue weighted by Crippen LogP contribution is -2.16. The van der Waals surface area contributed by atoms with Crippen LogP contribution in [0.15, 0.2) is 54.7 Å². The maximum atomic E-state index is 9.29. The first kappa shape index (κ1) is 17.4. The number of hydrogen-bond acceptors (Lipinski definition) is 6. The average Bonchev–Trinajstić information content (AvgIpc) is 2.69. The van der Waals surface area contributed by atoms with Crippen LogP contribution in [0.5, 0.6) is 0 Å². The van der Waals surface area contributed by atoms with E-state index in [9.17, 15) is 5.26 Å². The van der Waals surface area contributed by atoms with Gasteiger partial charge in [-0.1, -0.05) is 25.1 Å². The molecule has 26 heavy (non-hydrogen) atoms. The summed E-state index contributed by atoms with van der Waals surface area (Å²) in [6.07, 6.45) is 2.69. The summed E-state index contributed by atoms with van der Waals surface area (Å²) in [5.74, 6) is 1.13. The maximum absolute atomic E-state index is 9.29. The molecule has 6 heteroatoms. The lowest BCUT2D eigenvalue weighted by Gasteiger charge is -2.14. The Labute approximate surface area is 153 Å². The molecule has 0 aliphatic heterocycles. The molecule has 0 fully saturated rings. The maximum Gasteiger partial charge on any atom is 0.225 e. The molecule has 0 saturated heterocycles. The number of pyridine rings is 1. The van der Waals surface area contributed by atoms with Crippen LogP contribution in [0.1, 0.15) is 25.8 Å². The Bertz CT molecular complexity index is 917. The highest BCUT2D eigenvalue weighted by molar-refractivity contribution is 5.68. The Hall–Kier alpha value is -3.46. The molecule has 0 aliphatic carbocycles. The molecule has 0 spiro atoms. The lowest BCUT2D eigenvalue weighted by atomic mass is 10.2. The van der Waals surface area contributed by atoms with Crippen LogP contribution in [-0.2, 0) is 0 Å². The van der Waals surface area contributed by atoms with Gasteiger partial charge in [-0.15, -0.1) is 0 Å². The van der Waals surface area contributed by atoms with E-state index >= 15 is 0 Å². The van der Waals surface area contributed by atoms with Crippen molar-refractivity contribution in [3.05, 3.63) is 60.3 Å². The van der Waals surface area contributed by atoms with Gasteiger partial charge in [0, 0.05) is 18.3 Å². The van der Waals surface area contributed by atoms with Gasteiger partial charge in [-0.05, 0) is 37.6 Å². The van der Waals surface area contributed by atoms with Gasteiger partial charge in [0.1, 0.15) is 11.9 Å². The van der Waals surface area contributed by atoms with Crippen LogP contribution in [0, 0.1) is 11.3 Å². The second-order valence-corrected chi connectivity index (χ2v) is 5.91. The van der Waals surface area contributed by atoms with E-state index in [1.807, 2.05) is 42.5 Å². The second kappa shape index (κ2) is 8.08. The van der Waals surface area contributed by atoms with Gasteiger partial charge in [-0.25, -0.2) is 4.98 Å². The zero-order chi connectivity index (χ0) is 18.4. The molecule has 1 aromatic carbocycles. The van der Waals surface area contributed by atoms with Crippen molar-refractivity contribution >= 4 is 17.5 Å². The Kier molecular flexibility index (Phi) is 5.40. The van der Waals surface area contributed by atoms with E-state index in [0.29, 0.717) is 28.7 Å². The van der Waals surface area contributed by atoms with E-state index in [2.05, 4.69) is 45.5 Å². The first-order valence-corrected chi connectivity index (χ1v) is 8.52. The molecule has 130 valence electrons. The van der Waals surface area contributed by atoms with Crippen molar-refractivity contribution in [2.75, 3.05) is 10.6 Å². The molecular formula is C20H20N6. The third-order valence-corrected chi connectivity index (χ3v) is 3.95. The van der Waals surface area contributed by atoms with Crippen LogP contribution in [0.2, 0.25) is 0 Å². The zero-order valence-electron chi connectivity index (χ0n) is 14.8. The topological polar surface area (TPSA) is 86.5 Å². The molecule has 3 rings (SSSR count). The summed E-state index contributed by atoms with van der Waals surface area (Å²) in [7, 11) is 0. The van der Waals surface area contributed by atoms with Gasteiger partial charge in [0.25, 0.3) is 0 Å². The smallest absolute Gasteiger partial charge is 0.225 e. The van der Waals surface area contributed by atoms with Crippen molar-refractivity contribution in [1.82, 2.24) is 15.0 Å². The predicted molar refractivity (Wildman–Crippen MR) is 103 cm³/mol. The number of nitriles is 1. The van der Waals surface area contributed by atoms with E-state index in [0.717, 1.165) is 12.1 Å².